The number of hydrogen-bond donors (Lipinski definition) is 1. The molecule has 0 aliphatic carbocycles. The van der Waals surface area contributed by atoms with Crippen molar-refractivity contribution in [1.29, 1.82) is 0 Å². The second-order valence-corrected chi connectivity index (χ2v) is 2.59. The van der Waals surface area contributed by atoms with Crippen LogP contribution in [-0.4, -0.2) is 18.3 Å². The van der Waals surface area contributed by atoms with Crippen LogP contribution in [0, 0.1) is 0 Å². The van der Waals surface area contributed by atoms with Gasteiger partial charge in [0.15, 0.2) is 0 Å². The molecule has 1 aromatic rings. The van der Waals surface area contributed by atoms with E-state index in [4.69, 9.17) is 9.84 Å². The zero-order chi connectivity index (χ0) is 9.52. The Bertz CT molecular complexity index is 279. The fourth-order valence-corrected chi connectivity index (χ4v) is 1.06. The van der Waals surface area contributed by atoms with Crippen molar-refractivity contribution in [3.05, 3.63) is 35.9 Å². The van der Waals surface area contributed by atoms with E-state index in [1.165, 1.54) is 0 Å². The van der Waals surface area contributed by atoms with Gasteiger partial charge in [0.2, 0.25) is 0 Å². The lowest BCUT2D eigenvalue weighted by atomic mass is 10.2. The van der Waals surface area contributed by atoms with Crippen molar-refractivity contribution in [2.24, 2.45) is 0 Å². The van der Waals surface area contributed by atoms with Gasteiger partial charge in [-0.15, -0.1) is 0 Å². The summed E-state index contributed by atoms with van der Waals surface area (Å²) in [5, 5.41) is 8.58. The van der Waals surface area contributed by atoms with Gasteiger partial charge in [0.05, 0.1) is 13.2 Å². The van der Waals surface area contributed by atoms with Gasteiger partial charge in [0, 0.05) is 0 Å². The summed E-state index contributed by atoms with van der Waals surface area (Å²) in [7, 11) is 0. The maximum Gasteiger partial charge on any atom is 0.119 e. The van der Waals surface area contributed by atoms with Crippen molar-refractivity contribution in [2.45, 2.75) is 6.92 Å². The smallest absolute Gasteiger partial charge is 0.119 e. The number of benzene rings is 1. The molecule has 70 valence electrons. The highest BCUT2D eigenvalue weighted by Crippen LogP contribution is 2.13. The third kappa shape index (κ3) is 3.30. The zero-order valence-electron chi connectivity index (χ0n) is 7.73. The fraction of sp³-hybridized carbons (Fsp3) is 0.273. The van der Waals surface area contributed by atoms with Crippen LogP contribution < -0.4 is 4.74 Å². The van der Waals surface area contributed by atoms with Gasteiger partial charge < -0.3 is 9.84 Å². The minimum absolute atomic E-state index is 0.0683. The summed E-state index contributed by atoms with van der Waals surface area (Å²) in [6, 6.07) is 7.76. The SMILES string of the molecule is CCOc1cccc(C=CCO)c1. The summed E-state index contributed by atoms with van der Waals surface area (Å²) in [6.07, 6.45) is 3.56. The van der Waals surface area contributed by atoms with Gasteiger partial charge in [0.25, 0.3) is 0 Å². The zero-order valence-corrected chi connectivity index (χ0v) is 7.73. The first kappa shape index (κ1) is 9.81. The Morgan fingerprint density at radius 2 is 2.31 bits per heavy atom. The molecule has 13 heavy (non-hydrogen) atoms. The summed E-state index contributed by atoms with van der Waals surface area (Å²) in [6.45, 7) is 2.70. The Labute approximate surface area is 78.5 Å². The minimum Gasteiger partial charge on any atom is -0.494 e. The summed E-state index contributed by atoms with van der Waals surface area (Å²) in [5.74, 6) is 0.864. The predicted octanol–water partition coefficient (Wildman–Crippen LogP) is 2.09. The Balaban J connectivity index is 2.73. The maximum atomic E-state index is 8.58. The third-order valence-electron chi connectivity index (χ3n) is 1.58. The molecule has 0 fully saturated rings. The molecule has 2 heteroatoms. The van der Waals surface area contributed by atoms with Crippen LogP contribution in [0.4, 0.5) is 0 Å². The molecular weight excluding hydrogens is 164 g/mol. The lowest BCUT2D eigenvalue weighted by Crippen LogP contribution is -1.90. The summed E-state index contributed by atoms with van der Waals surface area (Å²) >= 11 is 0. The maximum absolute atomic E-state index is 8.58. The van der Waals surface area contributed by atoms with Gasteiger partial charge in [-0.05, 0) is 24.6 Å². The van der Waals surface area contributed by atoms with Crippen LogP contribution >= 0.6 is 0 Å². The molecule has 0 aliphatic heterocycles. The molecule has 0 bridgehead atoms. The molecule has 1 rings (SSSR count). The van der Waals surface area contributed by atoms with E-state index < -0.39 is 0 Å². The summed E-state index contributed by atoms with van der Waals surface area (Å²) in [4.78, 5) is 0. The standard InChI is InChI=1S/C11H14O2/c1-2-13-11-7-3-5-10(9-11)6-4-8-12/h3-7,9,12H,2,8H2,1H3. The lowest BCUT2D eigenvalue weighted by molar-refractivity contribution is 0.340. The van der Waals surface area contributed by atoms with E-state index in [1.54, 1.807) is 6.08 Å². The molecule has 0 spiro atoms. The summed E-state index contributed by atoms with van der Waals surface area (Å²) in [5.41, 5.74) is 1.04. The van der Waals surface area contributed by atoms with E-state index >= 15 is 0 Å². The average Bonchev–Trinajstić information content (AvgIpc) is 2.16. The van der Waals surface area contributed by atoms with E-state index in [1.807, 2.05) is 37.3 Å². The Kier molecular flexibility index (Phi) is 4.06. The van der Waals surface area contributed by atoms with Crippen molar-refractivity contribution in [2.75, 3.05) is 13.2 Å². The van der Waals surface area contributed by atoms with Crippen LogP contribution in [-0.2, 0) is 0 Å². The van der Waals surface area contributed by atoms with Crippen molar-refractivity contribution in [3.63, 3.8) is 0 Å². The second kappa shape index (κ2) is 5.38. The quantitative estimate of drug-likeness (QED) is 0.765. The molecule has 0 atom stereocenters. The average molecular weight is 178 g/mol. The molecule has 2 nitrogen and oxygen atoms in total. The molecule has 0 aliphatic rings. The Morgan fingerprint density at radius 3 is 3.00 bits per heavy atom. The number of hydrogen-bond acceptors (Lipinski definition) is 2. The monoisotopic (exact) mass is 178 g/mol. The molecule has 0 aromatic heterocycles. The van der Waals surface area contributed by atoms with Crippen LogP contribution in [0.15, 0.2) is 30.3 Å². The number of ether oxygens (including phenoxy) is 1. The van der Waals surface area contributed by atoms with E-state index in [2.05, 4.69) is 0 Å². The van der Waals surface area contributed by atoms with Crippen LogP contribution in [0.2, 0.25) is 0 Å². The van der Waals surface area contributed by atoms with Crippen molar-refractivity contribution in [3.8, 4) is 5.75 Å². The van der Waals surface area contributed by atoms with Crippen LogP contribution in [0.5, 0.6) is 5.75 Å². The van der Waals surface area contributed by atoms with Gasteiger partial charge >= 0.3 is 0 Å². The fourth-order valence-electron chi connectivity index (χ4n) is 1.06. The second-order valence-electron chi connectivity index (χ2n) is 2.59. The molecular formula is C11H14O2. The van der Waals surface area contributed by atoms with E-state index in [0.717, 1.165) is 11.3 Å². The van der Waals surface area contributed by atoms with Crippen LogP contribution in [0.3, 0.4) is 0 Å². The molecule has 0 saturated carbocycles. The molecule has 0 unspecified atom stereocenters. The number of rotatable bonds is 4. The van der Waals surface area contributed by atoms with Gasteiger partial charge in [-0.1, -0.05) is 24.3 Å². The minimum atomic E-state index is 0.0683. The first-order valence-corrected chi connectivity index (χ1v) is 4.37. The largest absolute Gasteiger partial charge is 0.494 e. The highest BCUT2D eigenvalue weighted by Gasteiger charge is 1.91. The molecule has 0 heterocycles. The number of aliphatic hydroxyl groups excluding tert-OH is 1. The normalized spacial score (nSPS) is 10.6. The van der Waals surface area contributed by atoms with Crippen molar-refractivity contribution >= 4 is 6.08 Å². The highest BCUT2D eigenvalue weighted by molar-refractivity contribution is 5.51. The van der Waals surface area contributed by atoms with Crippen LogP contribution in [0.1, 0.15) is 12.5 Å². The van der Waals surface area contributed by atoms with Gasteiger partial charge in [-0.2, -0.15) is 0 Å². The van der Waals surface area contributed by atoms with Gasteiger partial charge in [-0.25, -0.2) is 0 Å². The van der Waals surface area contributed by atoms with Gasteiger partial charge in [0.1, 0.15) is 5.75 Å². The topological polar surface area (TPSA) is 29.5 Å². The molecule has 0 radical (unpaired) electrons. The lowest BCUT2D eigenvalue weighted by Gasteiger charge is -2.02. The molecule has 1 aromatic carbocycles. The Morgan fingerprint density at radius 1 is 1.46 bits per heavy atom. The van der Waals surface area contributed by atoms with E-state index in [9.17, 15) is 0 Å². The molecule has 1 N–H and O–H groups in total. The van der Waals surface area contributed by atoms with Gasteiger partial charge in [-0.3, -0.25) is 0 Å². The summed E-state index contributed by atoms with van der Waals surface area (Å²) < 4.78 is 5.33. The predicted molar refractivity (Wildman–Crippen MR) is 53.7 cm³/mol. The Hall–Kier alpha value is -1.28. The van der Waals surface area contributed by atoms with Crippen LogP contribution in [0.25, 0.3) is 6.08 Å². The molecule has 0 amide bonds. The number of aliphatic hydroxyl groups is 1. The molecule has 0 saturated heterocycles. The van der Waals surface area contributed by atoms with E-state index in [0.29, 0.717) is 6.61 Å². The third-order valence-corrected chi connectivity index (χ3v) is 1.58. The van der Waals surface area contributed by atoms with Crippen molar-refractivity contribution in [1.82, 2.24) is 0 Å². The van der Waals surface area contributed by atoms with Crippen molar-refractivity contribution < 1.29 is 9.84 Å². The first-order valence-electron chi connectivity index (χ1n) is 4.37. The van der Waals surface area contributed by atoms with E-state index in [-0.39, 0.29) is 6.61 Å². The highest BCUT2D eigenvalue weighted by atomic mass is 16.5. The first-order chi connectivity index (χ1) is 6.36.